The highest BCUT2D eigenvalue weighted by atomic mass is 16.3. The Balaban J connectivity index is 2.70. The highest BCUT2D eigenvalue weighted by molar-refractivity contribution is 4.92. The van der Waals surface area contributed by atoms with Crippen molar-refractivity contribution in [1.29, 1.82) is 0 Å². The number of likely N-dealkylation sites (tertiary alicyclic amines) is 1. The van der Waals surface area contributed by atoms with E-state index in [4.69, 9.17) is 15.3 Å². The van der Waals surface area contributed by atoms with Crippen molar-refractivity contribution in [2.75, 3.05) is 26.4 Å². The van der Waals surface area contributed by atoms with Crippen LogP contribution in [0, 0.1) is 0 Å². The predicted octanol–water partition coefficient (Wildman–Crippen LogP) is -2.87. The molecular weight excluding hydrogens is 202 g/mol. The lowest BCUT2D eigenvalue weighted by molar-refractivity contribution is -0.112. The zero-order valence-electron chi connectivity index (χ0n) is 8.53. The molecule has 1 fully saturated rings. The first-order valence-electron chi connectivity index (χ1n) is 5.10. The van der Waals surface area contributed by atoms with Gasteiger partial charge in [-0.2, -0.15) is 0 Å². The molecule has 6 heteroatoms. The molecule has 3 atom stereocenters. The van der Waals surface area contributed by atoms with Gasteiger partial charge in [0.1, 0.15) is 0 Å². The minimum atomic E-state index is -1.04. The molecule has 1 heterocycles. The molecule has 0 aromatic rings. The molecule has 90 valence electrons. The van der Waals surface area contributed by atoms with Crippen LogP contribution in [-0.2, 0) is 0 Å². The third kappa shape index (κ3) is 2.66. The average molecular weight is 221 g/mol. The van der Waals surface area contributed by atoms with Gasteiger partial charge in [0.05, 0.1) is 44.1 Å². The van der Waals surface area contributed by atoms with Gasteiger partial charge in [-0.05, 0) is 6.42 Å². The van der Waals surface area contributed by atoms with Gasteiger partial charge >= 0.3 is 0 Å². The fourth-order valence-electron chi connectivity index (χ4n) is 2.00. The van der Waals surface area contributed by atoms with E-state index in [-0.39, 0.29) is 19.8 Å². The quantitative estimate of drug-likeness (QED) is 0.349. The van der Waals surface area contributed by atoms with E-state index in [2.05, 4.69) is 0 Å². The molecular formula is C9H19NO5. The molecule has 0 radical (unpaired) electrons. The Hall–Kier alpha value is -0.240. The van der Waals surface area contributed by atoms with Crippen molar-refractivity contribution < 1.29 is 25.5 Å². The zero-order chi connectivity index (χ0) is 11.4. The SMILES string of the molecule is OCC(CO)N1CCC(O)[C@H](O)C1CO. The van der Waals surface area contributed by atoms with Crippen LogP contribution >= 0.6 is 0 Å². The molecule has 0 aromatic carbocycles. The van der Waals surface area contributed by atoms with Crippen molar-refractivity contribution in [3.63, 3.8) is 0 Å². The number of hydrogen-bond acceptors (Lipinski definition) is 6. The molecule has 0 bridgehead atoms. The lowest BCUT2D eigenvalue weighted by Crippen LogP contribution is -2.60. The number of aliphatic hydroxyl groups is 5. The molecule has 0 aromatic heterocycles. The molecule has 1 rings (SSSR count). The molecule has 2 unspecified atom stereocenters. The van der Waals surface area contributed by atoms with Gasteiger partial charge in [0.2, 0.25) is 0 Å². The summed E-state index contributed by atoms with van der Waals surface area (Å²) in [5.41, 5.74) is 0. The summed E-state index contributed by atoms with van der Waals surface area (Å²) in [5.74, 6) is 0. The fraction of sp³-hybridized carbons (Fsp3) is 1.00. The van der Waals surface area contributed by atoms with Gasteiger partial charge in [-0.25, -0.2) is 0 Å². The Kier molecular flexibility index (Phi) is 4.91. The Bertz CT molecular complexity index is 187. The molecule has 1 aliphatic heterocycles. The maximum atomic E-state index is 9.63. The van der Waals surface area contributed by atoms with Crippen LogP contribution < -0.4 is 0 Å². The van der Waals surface area contributed by atoms with E-state index in [0.29, 0.717) is 13.0 Å². The molecule has 0 saturated carbocycles. The highest BCUT2D eigenvalue weighted by Gasteiger charge is 2.38. The van der Waals surface area contributed by atoms with Crippen molar-refractivity contribution in [1.82, 2.24) is 4.90 Å². The van der Waals surface area contributed by atoms with E-state index in [1.165, 1.54) is 0 Å². The predicted molar refractivity (Wildman–Crippen MR) is 52.2 cm³/mol. The van der Waals surface area contributed by atoms with E-state index < -0.39 is 24.3 Å². The van der Waals surface area contributed by atoms with Gasteiger partial charge in [-0.15, -0.1) is 0 Å². The van der Waals surface area contributed by atoms with Gasteiger partial charge in [0.25, 0.3) is 0 Å². The Labute approximate surface area is 88.4 Å². The van der Waals surface area contributed by atoms with Crippen LogP contribution in [0.2, 0.25) is 0 Å². The van der Waals surface area contributed by atoms with Crippen LogP contribution in [0.4, 0.5) is 0 Å². The monoisotopic (exact) mass is 221 g/mol. The second-order valence-electron chi connectivity index (χ2n) is 3.85. The number of rotatable bonds is 4. The molecule has 0 spiro atoms. The first kappa shape index (κ1) is 12.8. The summed E-state index contributed by atoms with van der Waals surface area (Å²) in [5, 5.41) is 46.2. The smallest absolute Gasteiger partial charge is 0.0976 e. The van der Waals surface area contributed by atoms with Crippen molar-refractivity contribution in [3.05, 3.63) is 0 Å². The standard InChI is InChI=1S/C9H19NO5/c11-3-6(4-12)10-2-1-8(14)9(15)7(10)5-13/h6-9,11-15H,1-5H2/t7?,8?,9-/m1/s1. The topological polar surface area (TPSA) is 104 Å². The van der Waals surface area contributed by atoms with Crippen LogP contribution in [0.5, 0.6) is 0 Å². The molecule has 15 heavy (non-hydrogen) atoms. The van der Waals surface area contributed by atoms with Gasteiger partial charge in [0, 0.05) is 6.54 Å². The summed E-state index contributed by atoms with van der Waals surface area (Å²) in [6.07, 6.45) is -1.52. The number of nitrogens with zero attached hydrogens (tertiary/aromatic N) is 1. The Morgan fingerprint density at radius 2 is 1.73 bits per heavy atom. The van der Waals surface area contributed by atoms with Crippen LogP contribution in [-0.4, -0.2) is 81.1 Å². The summed E-state index contributed by atoms with van der Waals surface area (Å²) in [6.45, 7) is -0.352. The third-order valence-electron chi connectivity index (χ3n) is 2.98. The summed E-state index contributed by atoms with van der Waals surface area (Å²) >= 11 is 0. The lowest BCUT2D eigenvalue weighted by atomic mass is 9.95. The molecule has 1 aliphatic rings. The second kappa shape index (κ2) is 5.74. The maximum Gasteiger partial charge on any atom is 0.0976 e. The number of piperidine rings is 1. The summed E-state index contributed by atoms with van der Waals surface area (Å²) in [4.78, 5) is 1.64. The lowest BCUT2D eigenvalue weighted by Gasteiger charge is -2.43. The normalized spacial score (nSPS) is 33.6. The minimum Gasteiger partial charge on any atom is -0.395 e. The van der Waals surface area contributed by atoms with Gasteiger partial charge in [-0.1, -0.05) is 0 Å². The molecule has 0 amide bonds. The summed E-state index contributed by atoms with van der Waals surface area (Å²) < 4.78 is 0. The van der Waals surface area contributed by atoms with E-state index in [1.54, 1.807) is 4.90 Å². The van der Waals surface area contributed by atoms with E-state index >= 15 is 0 Å². The average Bonchev–Trinajstić information content (AvgIpc) is 2.25. The van der Waals surface area contributed by atoms with E-state index in [1.807, 2.05) is 0 Å². The van der Waals surface area contributed by atoms with E-state index in [0.717, 1.165) is 0 Å². The number of aliphatic hydroxyl groups excluding tert-OH is 5. The highest BCUT2D eigenvalue weighted by Crippen LogP contribution is 2.20. The maximum absolute atomic E-state index is 9.63. The second-order valence-corrected chi connectivity index (χ2v) is 3.85. The molecule has 0 aliphatic carbocycles. The van der Waals surface area contributed by atoms with Crippen molar-refractivity contribution in [2.45, 2.75) is 30.7 Å². The van der Waals surface area contributed by atoms with Gasteiger partial charge in [0.15, 0.2) is 0 Å². The van der Waals surface area contributed by atoms with E-state index in [9.17, 15) is 10.2 Å². The first-order chi connectivity index (χ1) is 7.15. The molecule has 6 nitrogen and oxygen atoms in total. The Morgan fingerprint density at radius 3 is 2.20 bits per heavy atom. The van der Waals surface area contributed by atoms with Gasteiger partial charge < -0.3 is 25.5 Å². The van der Waals surface area contributed by atoms with Crippen LogP contribution in [0.1, 0.15) is 6.42 Å². The minimum absolute atomic E-state index is 0.240. The van der Waals surface area contributed by atoms with Crippen LogP contribution in [0.25, 0.3) is 0 Å². The first-order valence-corrected chi connectivity index (χ1v) is 5.10. The van der Waals surface area contributed by atoms with Gasteiger partial charge in [-0.3, -0.25) is 4.90 Å². The molecule has 1 saturated heterocycles. The van der Waals surface area contributed by atoms with Crippen LogP contribution in [0.3, 0.4) is 0 Å². The van der Waals surface area contributed by atoms with Crippen molar-refractivity contribution in [2.24, 2.45) is 0 Å². The Morgan fingerprint density at radius 1 is 1.13 bits per heavy atom. The van der Waals surface area contributed by atoms with Crippen molar-refractivity contribution in [3.8, 4) is 0 Å². The largest absolute Gasteiger partial charge is 0.395 e. The molecule has 5 N–H and O–H groups in total. The summed E-state index contributed by atoms with van der Waals surface area (Å²) in [6, 6.07) is -1.12. The van der Waals surface area contributed by atoms with Crippen molar-refractivity contribution >= 4 is 0 Å². The van der Waals surface area contributed by atoms with Crippen LogP contribution in [0.15, 0.2) is 0 Å². The third-order valence-corrected chi connectivity index (χ3v) is 2.98. The number of hydrogen-bond donors (Lipinski definition) is 5. The fourth-order valence-corrected chi connectivity index (χ4v) is 2.00. The zero-order valence-corrected chi connectivity index (χ0v) is 8.53. The summed E-state index contributed by atoms with van der Waals surface area (Å²) in [7, 11) is 0.